The van der Waals surface area contributed by atoms with Crippen LogP contribution in [0.3, 0.4) is 0 Å². The highest BCUT2D eigenvalue weighted by molar-refractivity contribution is 6.04. The van der Waals surface area contributed by atoms with Gasteiger partial charge in [-0.3, -0.25) is 9.69 Å². The summed E-state index contributed by atoms with van der Waals surface area (Å²) in [5.74, 6) is 0.349. The van der Waals surface area contributed by atoms with Gasteiger partial charge in [-0.15, -0.1) is 0 Å². The molecule has 1 aromatic heterocycles. The zero-order valence-electron chi connectivity index (χ0n) is 20.4. The van der Waals surface area contributed by atoms with Gasteiger partial charge in [-0.1, -0.05) is 12.1 Å². The molecule has 0 aliphatic carbocycles. The van der Waals surface area contributed by atoms with Crippen molar-refractivity contribution in [1.29, 1.82) is 0 Å². The van der Waals surface area contributed by atoms with Crippen molar-refractivity contribution in [3.05, 3.63) is 83.6 Å². The molecule has 0 radical (unpaired) electrons. The van der Waals surface area contributed by atoms with Gasteiger partial charge in [0, 0.05) is 58.1 Å². The molecule has 1 saturated heterocycles. The summed E-state index contributed by atoms with van der Waals surface area (Å²) in [7, 11) is 4.07. The summed E-state index contributed by atoms with van der Waals surface area (Å²) >= 11 is 0. The molecule has 1 aliphatic rings. The largest absolute Gasteiger partial charge is 0.416 e. The van der Waals surface area contributed by atoms with E-state index >= 15 is 0 Å². The van der Waals surface area contributed by atoms with E-state index in [1.165, 1.54) is 23.4 Å². The molecule has 4 rings (SSSR count). The van der Waals surface area contributed by atoms with Crippen LogP contribution in [0.4, 0.5) is 30.4 Å². The molecule has 1 fully saturated rings. The Balaban J connectivity index is 1.31. The van der Waals surface area contributed by atoms with Crippen LogP contribution in [0, 0.1) is 0 Å². The molecule has 9 heteroatoms. The van der Waals surface area contributed by atoms with Crippen molar-refractivity contribution < 1.29 is 18.0 Å². The Hall–Kier alpha value is -3.59. The standard InChI is InChI=1S/C27H30F3N5O/c1-33(2)24-11-4-20(5-12-24)19-34-14-3-15-35(17-16-34)25-13-10-23(18-31-25)32-26(36)21-6-8-22(9-7-21)27(28,29)30/h4-13,18H,3,14-17,19H2,1-2H3,(H,32,36). The number of hydrogen-bond donors (Lipinski definition) is 1. The second-order valence-corrected chi connectivity index (χ2v) is 9.11. The van der Waals surface area contributed by atoms with Crippen molar-refractivity contribution >= 4 is 23.1 Å². The summed E-state index contributed by atoms with van der Waals surface area (Å²) in [4.78, 5) is 23.7. The van der Waals surface area contributed by atoms with E-state index in [1.54, 1.807) is 12.3 Å². The maximum atomic E-state index is 12.7. The molecular formula is C27H30F3N5O. The summed E-state index contributed by atoms with van der Waals surface area (Å²) in [6.07, 6.45) is -1.84. The van der Waals surface area contributed by atoms with Gasteiger partial charge in [0.15, 0.2) is 0 Å². The Morgan fingerprint density at radius 2 is 1.67 bits per heavy atom. The molecule has 0 bridgehead atoms. The molecule has 1 aliphatic heterocycles. The first kappa shape index (κ1) is 25.5. The normalized spacial score (nSPS) is 14.9. The van der Waals surface area contributed by atoms with E-state index < -0.39 is 17.6 Å². The molecular weight excluding hydrogens is 467 g/mol. The van der Waals surface area contributed by atoms with E-state index in [4.69, 9.17) is 0 Å². The molecule has 36 heavy (non-hydrogen) atoms. The zero-order chi connectivity index (χ0) is 25.7. The van der Waals surface area contributed by atoms with Crippen LogP contribution in [-0.2, 0) is 12.7 Å². The summed E-state index contributed by atoms with van der Waals surface area (Å²) in [6, 6.07) is 16.4. The predicted molar refractivity (Wildman–Crippen MR) is 137 cm³/mol. The molecule has 3 aromatic rings. The van der Waals surface area contributed by atoms with E-state index in [-0.39, 0.29) is 5.56 Å². The van der Waals surface area contributed by atoms with Gasteiger partial charge in [-0.05, 0) is 60.5 Å². The van der Waals surface area contributed by atoms with E-state index in [2.05, 4.69) is 49.3 Å². The van der Waals surface area contributed by atoms with Crippen LogP contribution in [0.15, 0.2) is 66.9 Å². The lowest BCUT2D eigenvalue weighted by Crippen LogP contribution is -2.31. The van der Waals surface area contributed by atoms with Crippen LogP contribution < -0.4 is 15.1 Å². The van der Waals surface area contributed by atoms with Crippen molar-refractivity contribution in [2.75, 3.05) is 55.4 Å². The van der Waals surface area contributed by atoms with Gasteiger partial charge in [0.25, 0.3) is 5.91 Å². The number of nitrogens with zero attached hydrogens (tertiary/aromatic N) is 4. The number of rotatable bonds is 6. The highest BCUT2D eigenvalue weighted by atomic mass is 19.4. The average molecular weight is 498 g/mol. The van der Waals surface area contributed by atoms with Crippen molar-refractivity contribution in [2.45, 2.75) is 19.1 Å². The summed E-state index contributed by atoms with van der Waals surface area (Å²) in [5.41, 5.74) is 2.33. The smallest absolute Gasteiger partial charge is 0.378 e. The highest BCUT2D eigenvalue weighted by Gasteiger charge is 2.30. The molecule has 2 heterocycles. The van der Waals surface area contributed by atoms with Gasteiger partial charge in [-0.2, -0.15) is 13.2 Å². The number of amides is 1. The van der Waals surface area contributed by atoms with Gasteiger partial charge in [0.2, 0.25) is 0 Å². The van der Waals surface area contributed by atoms with Gasteiger partial charge in [0.05, 0.1) is 17.4 Å². The maximum absolute atomic E-state index is 12.7. The quantitative estimate of drug-likeness (QED) is 0.512. The van der Waals surface area contributed by atoms with Gasteiger partial charge >= 0.3 is 6.18 Å². The first-order chi connectivity index (χ1) is 17.2. The molecule has 0 unspecified atom stereocenters. The van der Waals surface area contributed by atoms with Gasteiger partial charge in [0.1, 0.15) is 5.82 Å². The Morgan fingerprint density at radius 3 is 2.28 bits per heavy atom. The monoisotopic (exact) mass is 497 g/mol. The van der Waals surface area contributed by atoms with Gasteiger partial charge < -0.3 is 15.1 Å². The van der Waals surface area contributed by atoms with E-state index in [0.717, 1.165) is 57.1 Å². The number of halogens is 3. The predicted octanol–water partition coefficient (Wildman–Crippen LogP) is 5.13. The second-order valence-electron chi connectivity index (χ2n) is 9.11. The minimum absolute atomic E-state index is 0.149. The van der Waals surface area contributed by atoms with Crippen LogP contribution in [0.1, 0.15) is 27.9 Å². The minimum Gasteiger partial charge on any atom is -0.378 e. The summed E-state index contributed by atoms with van der Waals surface area (Å²) in [6.45, 7) is 4.57. The minimum atomic E-state index is -4.43. The Labute approximate surface area is 209 Å². The fraction of sp³-hybridized carbons (Fsp3) is 0.333. The first-order valence-electron chi connectivity index (χ1n) is 11.9. The molecule has 1 N–H and O–H groups in total. The number of alkyl halides is 3. The molecule has 0 spiro atoms. The fourth-order valence-electron chi connectivity index (χ4n) is 4.18. The molecule has 0 saturated carbocycles. The molecule has 190 valence electrons. The molecule has 6 nitrogen and oxygen atoms in total. The third-order valence-corrected chi connectivity index (χ3v) is 6.25. The summed E-state index contributed by atoms with van der Waals surface area (Å²) in [5, 5.41) is 2.69. The van der Waals surface area contributed by atoms with Crippen LogP contribution >= 0.6 is 0 Å². The first-order valence-corrected chi connectivity index (χ1v) is 11.9. The lowest BCUT2D eigenvalue weighted by atomic mass is 10.1. The van der Waals surface area contributed by atoms with E-state index in [9.17, 15) is 18.0 Å². The summed E-state index contributed by atoms with van der Waals surface area (Å²) < 4.78 is 38.2. The Morgan fingerprint density at radius 1 is 0.944 bits per heavy atom. The molecule has 1 amide bonds. The van der Waals surface area contributed by atoms with Crippen molar-refractivity contribution in [3.8, 4) is 0 Å². The topological polar surface area (TPSA) is 51.7 Å². The SMILES string of the molecule is CN(C)c1ccc(CN2CCCN(c3ccc(NC(=O)c4ccc(C(F)(F)F)cc4)cn3)CC2)cc1. The highest BCUT2D eigenvalue weighted by Crippen LogP contribution is 2.29. The number of anilines is 3. The second kappa shape index (κ2) is 11.0. The number of hydrogen-bond acceptors (Lipinski definition) is 5. The van der Waals surface area contributed by atoms with Crippen LogP contribution in [0.5, 0.6) is 0 Å². The third-order valence-electron chi connectivity index (χ3n) is 6.25. The van der Waals surface area contributed by atoms with Crippen molar-refractivity contribution in [2.24, 2.45) is 0 Å². The molecule has 2 aromatic carbocycles. The third kappa shape index (κ3) is 6.54. The van der Waals surface area contributed by atoms with Crippen LogP contribution in [-0.4, -0.2) is 56.1 Å². The number of carbonyl (C=O) groups excluding carboxylic acids is 1. The Kier molecular flexibility index (Phi) is 7.79. The number of pyridine rings is 1. The van der Waals surface area contributed by atoms with E-state index in [1.807, 2.05) is 20.2 Å². The zero-order valence-corrected chi connectivity index (χ0v) is 20.4. The van der Waals surface area contributed by atoms with Crippen LogP contribution in [0.2, 0.25) is 0 Å². The number of aromatic nitrogens is 1. The average Bonchev–Trinajstić information content (AvgIpc) is 3.10. The fourth-order valence-corrected chi connectivity index (χ4v) is 4.18. The van der Waals surface area contributed by atoms with Crippen molar-refractivity contribution in [1.82, 2.24) is 9.88 Å². The van der Waals surface area contributed by atoms with Crippen molar-refractivity contribution in [3.63, 3.8) is 0 Å². The van der Waals surface area contributed by atoms with E-state index in [0.29, 0.717) is 5.69 Å². The number of carbonyl (C=O) groups is 1. The molecule has 0 atom stereocenters. The number of benzene rings is 2. The maximum Gasteiger partial charge on any atom is 0.416 e. The van der Waals surface area contributed by atoms with Crippen LogP contribution in [0.25, 0.3) is 0 Å². The number of nitrogens with one attached hydrogen (secondary N) is 1. The van der Waals surface area contributed by atoms with Gasteiger partial charge in [-0.25, -0.2) is 4.98 Å². The Bertz CT molecular complexity index is 1150. The lowest BCUT2D eigenvalue weighted by molar-refractivity contribution is -0.137. The lowest BCUT2D eigenvalue weighted by Gasteiger charge is -2.23.